The van der Waals surface area contributed by atoms with Crippen LogP contribution in [0.15, 0.2) is 41.3 Å². The summed E-state index contributed by atoms with van der Waals surface area (Å²) in [7, 11) is 0. The van der Waals surface area contributed by atoms with Crippen LogP contribution in [0.5, 0.6) is 0 Å². The minimum absolute atomic E-state index is 0.222. The first-order chi connectivity index (χ1) is 12.3. The van der Waals surface area contributed by atoms with Crippen molar-refractivity contribution in [3.8, 4) is 11.3 Å². The minimum Gasteiger partial charge on any atom is -0.351 e. The largest absolute Gasteiger partial charge is 0.351 e. The maximum absolute atomic E-state index is 11.9. The fourth-order valence-corrected chi connectivity index (χ4v) is 3.29. The third-order valence-electron chi connectivity index (χ3n) is 4.48. The van der Waals surface area contributed by atoms with Crippen molar-refractivity contribution in [2.24, 2.45) is 0 Å². The number of hydrogen-bond donors (Lipinski definition) is 1. The van der Waals surface area contributed by atoms with Crippen LogP contribution in [0.25, 0.3) is 11.3 Å². The molecule has 7 heteroatoms. The molecule has 3 aromatic rings. The lowest BCUT2D eigenvalue weighted by molar-refractivity contribution is 0.0915. The van der Waals surface area contributed by atoms with Gasteiger partial charge < -0.3 is 9.84 Å². The average molecular weight is 337 g/mol. The Morgan fingerprint density at radius 2 is 2.00 bits per heavy atom. The van der Waals surface area contributed by atoms with E-state index in [1.54, 1.807) is 18.5 Å². The smallest absolute Gasteiger partial charge is 0.289 e. The zero-order valence-electron chi connectivity index (χ0n) is 13.8. The van der Waals surface area contributed by atoms with Crippen LogP contribution in [0.4, 0.5) is 0 Å². The number of pyridine rings is 1. The van der Waals surface area contributed by atoms with E-state index in [0.29, 0.717) is 13.1 Å². The SMILES string of the molecule is O=C(NCCn1nc(-c2ccncc2)c2c1CCCC2)c1ccno1. The van der Waals surface area contributed by atoms with Crippen LogP contribution in [0.2, 0.25) is 0 Å². The fourth-order valence-electron chi connectivity index (χ4n) is 3.29. The first kappa shape index (κ1) is 15.6. The van der Waals surface area contributed by atoms with Crippen LogP contribution in [0.1, 0.15) is 34.7 Å². The van der Waals surface area contributed by atoms with Gasteiger partial charge in [-0.25, -0.2) is 0 Å². The Labute approximate surface area is 145 Å². The summed E-state index contributed by atoms with van der Waals surface area (Å²) < 4.78 is 6.89. The summed E-state index contributed by atoms with van der Waals surface area (Å²) in [6, 6.07) is 5.53. The van der Waals surface area contributed by atoms with Crippen LogP contribution in [0.3, 0.4) is 0 Å². The highest BCUT2D eigenvalue weighted by Gasteiger charge is 2.21. The van der Waals surface area contributed by atoms with E-state index in [-0.39, 0.29) is 11.7 Å². The molecule has 1 aliphatic carbocycles. The van der Waals surface area contributed by atoms with Crippen LogP contribution < -0.4 is 5.32 Å². The summed E-state index contributed by atoms with van der Waals surface area (Å²) >= 11 is 0. The number of nitrogens with one attached hydrogen (secondary N) is 1. The number of amides is 1. The topological polar surface area (TPSA) is 85.8 Å². The summed E-state index contributed by atoms with van der Waals surface area (Å²) in [6.45, 7) is 1.12. The number of carbonyl (C=O) groups excluding carboxylic acids is 1. The van der Waals surface area contributed by atoms with Gasteiger partial charge in [0.25, 0.3) is 5.91 Å². The second-order valence-corrected chi connectivity index (χ2v) is 6.07. The van der Waals surface area contributed by atoms with Crippen molar-refractivity contribution in [2.45, 2.75) is 32.2 Å². The van der Waals surface area contributed by atoms with E-state index >= 15 is 0 Å². The molecular weight excluding hydrogens is 318 g/mol. The lowest BCUT2D eigenvalue weighted by Crippen LogP contribution is -2.27. The molecule has 7 nitrogen and oxygen atoms in total. The lowest BCUT2D eigenvalue weighted by Gasteiger charge is -2.14. The lowest BCUT2D eigenvalue weighted by atomic mass is 9.94. The highest BCUT2D eigenvalue weighted by Crippen LogP contribution is 2.30. The highest BCUT2D eigenvalue weighted by molar-refractivity contribution is 5.91. The van der Waals surface area contributed by atoms with Gasteiger partial charge in [0, 0.05) is 41.8 Å². The van der Waals surface area contributed by atoms with Gasteiger partial charge in [0.05, 0.1) is 18.4 Å². The maximum atomic E-state index is 11.9. The Morgan fingerprint density at radius 1 is 1.16 bits per heavy atom. The van der Waals surface area contributed by atoms with Gasteiger partial charge in [-0.1, -0.05) is 5.16 Å². The molecule has 0 saturated carbocycles. The van der Waals surface area contributed by atoms with E-state index in [2.05, 4.69) is 15.5 Å². The Bertz CT molecular complexity index is 855. The standard InChI is InChI=1S/C18H19N5O2/c24-18(16-7-10-21-25-16)20-11-12-23-15-4-2-1-3-14(15)17(22-23)13-5-8-19-9-6-13/h5-10H,1-4,11-12H2,(H,20,24). The number of rotatable bonds is 5. The minimum atomic E-state index is -0.257. The van der Waals surface area contributed by atoms with E-state index in [1.165, 1.54) is 30.3 Å². The monoisotopic (exact) mass is 337 g/mol. The molecule has 3 heterocycles. The van der Waals surface area contributed by atoms with Gasteiger partial charge in [-0.05, 0) is 37.8 Å². The van der Waals surface area contributed by atoms with Crippen molar-refractivity contribution in [3.63, 3.8) is 0 Å². The number of aromatic nitrogens is 4. The van der Waals surface area contributed by atoms with Crippen molar-refractivity contribution in [1.29, 1.82) is 0 Å². The molecule has 25 heavy (non-hydrogen) atoms. The van der Waals surface area contributed by atoms with E-state index < -0.39 is 0 Å². The van der Waals surface area contributed by atoms with Crippen LogP contribution in [-0.4, -0.2) is 32.4 Å². The summed E-state index contributed by atoms with van der Waals surface area (Å²) in [5.41, 5.74) is 4.75. The first-order valence-corrected chi connectivity index (χ1v) is 8.51. The highest BCUT2D eigenvalue weighted by atomic mass is 16.5. The molecule has 0 spiro atoms. The van der Waals surface area contributed by atoms with Crippen molar-refractivity contribution < 1.29 is 9.32 Å². The first-order valence-electron chi connectivity index (χ1n) is 8.51. The zero-order chi connectivity index (χ0) is 17.1. The average Bonchev–Trinajstić information content (AvgIpc) is 3.31. The Balaban J connectivity index is 1.52. The Hall–Kier alpha value is -2.96. The van der Waals surface area contributed by atoms with Gasteiger partial charge >= 0.3 is 0 Å². The third-order valence-corrected chi connectivity index (χ3v) is 4.48. The van der Waals surface area contributed by atoms with Crippen molar-refractivity contribution >= 4 is 5.91 Å². The number of carbonyl (C=O) groups is 1. The molecule has 0 aliphatic heterocycles. The summed E-state index contributed by atoms with van der Waals surface area (Å²) in [5.74, 6) is -0.0344. The number of hydrogen-bond acceptors (Lipinski definition) is 5. The number of nitrogens with zero attached hydrogens (tertiary/aromatic N) is 4. The van der Waals surface area contributed by atoms with Gasteiger partial charge in [0.15, 0.2) is 0 Å². The second kappa shape index (κ2) is 6.88. The molecule has 0 aromatic carbocycles. The third kappa shape index (κ3) is 3.17. The molecule has 0 fully saturated rings. The van der Waals surface area contributed by atoms with Crippen molar-refractivity contribution in [3.05, 3.63) is 53.8 Å². The van der Waals surface area contributed by atoms with Gasteiger partial charge in [-0.2, -0.15) is 5.10 Å². The van der Waals surface area contributed by atoms with E-state index in [9.17, 15) is 4.79 Å². The Morgan fingerprint density at radius 3 is 2.80 bits per heavy atom. The normalized spacial score (nSPS) is 13.4. The molecule has 1 amide bonds. The van der Waals surface area contributed by atoms with E-state index in [1.807, 2.05) is 16.8 Å². The van der Waals surface area contributed by atoms with Gasteiger partial charge in [-0.3, -0.25) is 14.5 Å². The zero-order valence-corrected chi connectivity index (χ0v) is 13.8. The molecular formula is C18H19N5O2. The molecule has 0 atom stereocenters. The molecule has 0 unspecified atom stereocenters. The maximum Gasteiger partial charge on any atom is 0.289 e. The van der Waals surface area contributed by atoms with Crippen LogP contribution in [-0.2, 0) is 19.4 Å². The predicted octanol–water partition coefficient (Wildman–Crippen LogP) is 2.24. The molecule has 0 saturated heterocycles. The molecule has 0 bridgehead atoms. The predicted molar refractivity (Wildman–Crippen MR) is 90.9 cm³/mol. The van der Waals surface area contributed by atoms with Crippen LogP contribution in [0, 0.1) is 0 Å². The summed E-state index contributed by atoms with van der Waals surface area (Å²) in [6.07, 6.45) is 9.50. The summed E-state index contributed by atoms with van der Waals surface area (Å²) in [5, 5.41) is 11.2. The van der Waals surface area contributed by atoms with E-state index in [0.717, 1.165) is 24.1 Å². The number of fused-ring (bicyclic) bond motifs is 1. The van der Waals surface area contributed by atoms with Crippen molar-refractivity contribution in [2.75, 3.05) is 6.54 Å². The quantitative estimate of drug-likeness (QED) is 0.772. The second-order valence-electron chi connectivity index (χ2n) is 6.07. The van der Waals surface area contributed by atoms with Gasteiger partial charge in [0.2, 0.25) is 5.76 Å². The van der Waals surface area contributed by atoms with E-state index in [4.69, 9.17) is 9.62 Å². The van der Waals surface area contributed by atoms with Gasteiger partial charge in [0.1, 0.15) is 0 Å². The van der Waals surface area contributed by atoms with Gasteiger partial charge in [-0.15, -0.1) is 0 Å². The fraction of sp³-hybridized carbons (Fsp3) is 0.333. The molecule has 1 N–H and O–H groups in total. The molecule has 4 rings (SSSR count). The van der Waals surface area contributed by atoms with Crippen LogP contribution >= 0.6 is 0 Å². The molecule has 0 radical (unpaired) electrons. The van der Waals surface area contributed by atoms with Crippen molar-refractivity contribution in [1.82, 2.24) is 25.2 Å². The Kier molecular flexibility index (Phi) is 4.28. The molecule has 3 aromatic heterocycles. The summed E-state index contributed by atoms with van der Waals surface area (Å²) in [4.78, 5) is 16.0. The molecule has 128 valence electrons. The molecule has 1 aliphatic rings.